The van der Waals surface area contributed by atoms with E-state index in [0.717, 1.165) is 0 Å². The van der Waals surface area contributed by atoms with Gasteiger partial charge in [-0.2, -0.15) is 4.57 Å². The molecule has 1 aliphatic heterocycles. The summed E-state index contributed by atoms with van der Waals surface area (Å²) in [7, 11) is 0. The van der Waals surface area contributed by atoms with Gasteiger partial charge in [0.05, 0.1) is 5.54 Å². The highest BCUT2D eigenvalue weighted by molar-refractivity contribution is 5.85. The van der Waals surface area contributed by atoms with Crippen molar-refractivity contribution in [3.63, 3.8) is 0 Å². The molecule has 0 bridgehead atoms. The van der Waals surface area contributed by atoms with Crippen molar-refractivity contribution in [1.82, 2.24) is 0 Å². The molecule has 0 radical (unpaired) electrons. The first-order chi connectivity index (χ1) is 7.82. The molecule has 1 aromatic rings. The third-order valence-electron chi connectivity index (χ3n) is 3.06. The van der Waals surface area contributed by atoms with Crippen LogP contribution in [0.4, 0.5) is 0 Å². The Kier molecular flexibility index (Phi) is 4.03. The number of pyridine rings is 1. The van der Waals surface area contributed by atoms with E-state index in [9.17, 15) is 10.2 Å². The predicted octanol–water partition coefficient (Wildman–Crippen LogP) is 0.629. The predicted molar refractivity (Wildman–Crippen MR) is 69.7 cm³/mol. The third-order valence-corrected chi connectivity index (χ3v) is 3.06. The lowest BCUT2D eigenvalue weighted by Gasteiger charge is -2.41. The molecular weight excluding hydrogens is 252 g/mol. The van der Waals surface area contributed by atoms with Crippen LogP contribution in [0.1, 0.15) is 33.2 Å². The zero-order valence-corrected chi connectivity index (χ0v) is 11.6. The van der Waals surface area contributed by atoms with E-state index in [1.54, 1.807) is 23.9 Å². The number of aromatic nitrogens is 1. The van der Waals surface area contributed by atoms with Crippen molar-refractivity contribution in [3.05, 3.63) is 30.6 Å². The third kappa shape index (κ3) is 2.82. The van der Waals surface area contributed by atoms with Gasteiger partial charge in [-0.25, -0.2) is 0 Å². The highest BCUT2D eigenvalue weighted by Crippen LogP contribution is 2.34. The number of halogens is 1. The second kappa shape index (κ2) is 4.86. The normalized spacial score (nSPS) is 30.2. The average molecular weight is 271 g/mol. The monoisotopic (exact) mass is 270 g/mol. The molecule has 1 aliphatic rings. The number of aliphatic hydroxyl groups is 1. The van der Waals surface area contributed by atoms with Crippen LogP contribution in [0.5, 0.6) is 0 Å². The summed E-state index contributed by atoms with van der Waals surface area (Å²) in [6.45, 7) is 5.43. The Morgan fingerprint density at radius 1 is 1.28 bits per heavy atom. The van der Waals surface area contributed by atoms with Crippen LogP contribution in [0.25, 0.3) is 0 Å². The van der Waals surface area contributed by atoms with E-state index in [1.807, 2.05) is 32.0 Å². The van der Waals surface area contributed by atoms with E-state index in [0.29, 0.717) is 6.42 Å². The molecular formula is C13H19ClN2O2. The Morgan fingerprint density at radius 3 is 2.33 bits per heavy atom. The van der Waals surface area contributed by atoms with Crippen LogP contribution in [-0.4, -0.2) is 22.1 Å². The maximum absolute atomic E-state index is 12.1. The summed E-state index contributed by atoms with van der Waals surface area (Å²) in [5.41, 5.74) is -1.57. The molecule has 0 unspecified atom stereocenters. The lowest BCUT2D eigenvalue weighted by molar-refractivity contribution is -0.726. The van der Waals surface area contributed by atoms with E-state index < -0.39 is 17.2 Å². The minimum absolute atomic E-state index is 0. The Balaban J connectivity index is 0.00000162. The molecule has 100 valence electrons. The smallest absolute Gasteiger partial charge is 0.214 e. The number of aliphatic imine (C=N–C) groups is 1. The summed E-state index contributed by atoms with van der Waals surface area (Å²) in [4.78, 5) is 4.15. The largest absolute Gasteiger partial charge is 0.857 e. The second-order valence-corrected chi connectivity index (χ2v) is 5.52. The van der Waals surface area contributed by atoms with Crippen molar-refractivity contribution < 1.29 is 14.8 Å². The van der Waals surface area contributed by atoms with Crippen LogP contribution in [-0.2, 0) is 0 Å². The zero-order chi connectivity index (χ0) is 12.7. The zero-order valence-electron chi connectivity index (χ0n) is 10.8. The fraction of sp³-hybridized carbons (Fsp3) is 0.538. The summed E-state index contributed by atoms with van der Waals surface area (Å²) >= 11 is 0. The lowest BCUT2D eigenvalue weighted by Crippen LogP contribution is -2.62. The SMILES string of the molecule is CC1(C)C[C@@](C)(O)[C@H]([n+]2ccccc2)C([O-])=N1.Cl. The molecule has 0 aromatic carbocycles. The maximum atomic E-state index is 12.1. The molecule has 2 heterocycles. The van der Waals surface area contributed by atoms with E-state index in [-0.39, 0.29) is 18.3 Å². The molecule has 1 aromatic heterocycles. The maximum Gasteiger partial charge on any atom is 0.214 e. The van der Waals surface area contributed by atoms with Crippen molar-refractivity contribution in [2.45, 2.75) is 44.4 Å². The Labute approximate surface area is 113 Å². The van der Waals surface area contributed by atoms with Gasteiger partial charge in [-0.3, -0.25) is 4.99 Å². The first-order valence-electron chi connectivity index (χ1n) is 5.77. The van der Waals surface area contributed by atoms with Crippen molar-refractivity contribution in [1.29, 1.82) is 0 Å². The van der Waals surface area contributed by atoms with Gasteiger partial charge in [-0.15, -0.1) is 12.4 Å². The van der Waals surface area contributed by atoms with Crippen LogP contribution in [0.15, 0.2) is 35.6 Å². The fourth-order valence-electron chi connectivity index (χ4n) is 2.67. The molecule has 1 N–H and O–H groups in total. The average Bonchev–Trinajstić information content (AvgIpc) is 2.14. The van der Waals surface area contributed by atoms with Gasteiger partial charge < -0.3 is 10.2 Å². The van der Waals surface area contributed by atoms with Crippen LogP contribution in [0, 0.1) is 0 Å². The first kappa shape index (κ1) is 14.9. The number of hydrogen-bond donors (Lipinski definition) is 1. The van der Waals surface area contributed by atoms with E-state index in [4.69, 9.17) is 0 Å². The molecule has 5 heteroatoms. The molecule has 0 amide bonds. The Bertz CT molecular complexity index is 444. The van der Waals surface area contributed by atoms with E-state index in [1.165, 1.54) is 0 Å². The van der Waals surface area contributed by atoms with Gasteiger partial charge in [-0.05, 0) is 20.8 Å². The van der Waals surface area contributed by atoms with Crippen LogP contribution in [0.2, 0.25) is 0 Å². The highest BCUT2D eigenvalue weighted by atomic mass is 35.5. The van der Waals surface area contributed by atoms with Gasteiger partial charge in [0.15, 0.2) is 12.4 Å². The minimum atomic E-state index is -1.08. The van der Waals surface area contributed by atoms with Crippen LogP contribution < -0.4 is 9.67 Å². The topological polar surface area (TPSA) is 59.5 Å². The van der Waals surface area contributed by atoms with E-state index >= 15 is 0 Å². The van der Waals surface area contributed by atoms with Gasteiger partial charge in [0.25, 0.3) is 0 Å². The molecule has 0 saturated carbocycles. The van der Waals surface area contributed by atoms with E-state index in [2.05, 4.69) is 4.99 Å². The van der Waals surface area contributed by atoms with Gasteiger partial charge in [0.2, 0.25) is 6.04 Å². The van der Waals surface area contributed by atoms with Crippen molar-refractivity contribution in [3.8, 4) is 0 Å². The molecule has 18 heavy (non-hydrogen) atoms. The van der Waals surface area contributed by atoms with Gasteiger partial charge in [0.1, 0.15) is 5.60 Å². The molecule has 0 aliphatic carbocycles. The number of hydrogen-bond acceptors (Lipinski definition) is 3. The Hall–Kier alpha value is -1.13. The summed E-state index contributed by atoms with van der Waals surface area (Å²) in [5, 5.41) is 22.6. The Morgan fingerprint density at radius 2 is 1.83 bits per heavy atom. The minimum Gasteiger partial charge on any atom is -0.857 e. The molecule has 2 rings (SSSR count). The highest BCUT2D eigenvalue weighted by Gasteiger charge is 2.46. The molecule has 4 nitrogen and oxygen atoms in total. The molecule has 0 fully saturated rings. The van der Waals surface area contributed by atoms with Crippen molar-refractivity contribution in [2.75, 3.05) is 0 Å². The molecule has 2 atom stereocenters. The van der Waals surface area contributed by atoms with Gasteiger partial charge >= 0.3 is 0 Å². The molecule has 0 saturated heterocycles. The molecule has 0 spiro atoms. The van der Waals surface area contributed by atoms with Gasteiger partial charge in [-0.1, -0.05) is 6.07 Å². The van der Waals surface area contributed by atoms with Crippen molar-refractivity contribution in [2.24, 2.45) is 4.99 Å². The standard InChI is InChI=1S/C13H18N2O2.ClH/c1-12(2)9-13(3,17)10(11(16)14-12)15-7-5-4-6-8-15;/h4-8,10,17H,9H2,1-3H3;1H/t10-,13-;/m1./s1. The fourth-order valence-corrected chi connectivity index (χ4v) is 2.67. The van der Waals surface area contributed by atoms with Gasteiger partial charge in [0, 0.05) is 24.5 Å². The number of nitrogens with zero attached hydrogens (tertiary/aromatic N) is 2. The number of rotatable bonds is 1. The first-order valence-corrected chi connectivity index (χ1v) is 5.77. The summed E-state index contributed by atoms with van der Waals surface area (Å²) in [6, 6.07) is 4.92. The second-order valence-electron chi connectivity index (χ2n) is 5.52. The van der Waals surface area contributed by atoms with Crippen LogP contribution >= 0.6 is 12.4 Å². The quantitative estimate of drug-likeness (QED) is 0.761. The van der Waals surface area contributed by atoms with Crippen LogP contribution in [0.3, 0.4) is 0 Å². The summed E-state index contributed by atoms with van der Waals surface area (Å²) in [5.74, 6) is -0.262. The lowest BCUT2D eigenvalue weighted by atomic mass is 9.80. The summed E-state index contributed by atoms with van der Waals surface area (Å²) < 4.78 is 1.72. The van der Waals surface area contributed by atoms with Crippen molar-refractivity contribution >= 4 is 18.3 Å². The summed E-state index contributed by atoms with van der Waals surface area (Å²) in [6.07, 6.45) is 4.04.